The minimum Gasteiger partial charge on any atom is -0.481 e. The van der Waals surface area contributed by atoms with Gasteiger partial charge in [0.2, 0.25) is 0 Å². The lowest BCUT2D eigenvalue weighted by molar-refractivity contribution is -0.136. The summed E-state index contributed by atoms with van der Waals surface area (Å²) in [5, 5.41) is 8.34. The molecule has 0 aliphatic rings. The smallest absolute Gasteiger partial charge is 0.309 e. The molecule has 1 aromatic heterocycles. The maximum absolute atomic E-state index is 10.1. The van der Waals surface area contributed by atoms with Gasteiger partial charge in [-0.2, -0.15) is 4.37 Å². The zero-order valence-corrected chi connectivity index (χ0v) is 6.31. The molecule has 0 aromatic carbocycles. The Balaban J connectivity index is 2.67. The third-order valence-corrected chi connectivity index (χ3v) is 1.74. The van der Waals surface area contributed by atoms with E-state index in [2.05, 4.69) is 4.37 Å². The molecule has 0 atom stereocenters. The molecule has 0 spiro atoms. The lowest BCUT2D eigenvalue weighted by Crippen LogP contribution is -1.99. The van der Waals surface area contributed by atoms with Gasteiger partial charge in [0, 0.05) is 4.88 Å². The van der Waals surface area contributed by atoms with Gasteiger partial charge in [-0.25, -0.2) is 0 Å². The highest BCUT2D eigenvalue weighted by molar-refractivity contribution is 7.05. The van der Waals surface area contributed by atoms with E-state index < -0.39 is 5.97 Å². The largest absolute Gasteiger partial charge is 0.481 e. The van der Waals surface area contributed by atoms with Crippen molar-refractivity contribution >= 4 is 17.5 Å². The molecule has 1 aromatic rings. The van der Waals surface area contributed by atoms with Crippen molar-refractivity contribution in [1.82, 2.24) is 4.37 Å². The van der Waals surface area contributed by atoms with Crippen LogP contribution in [0.4, 0.5) is 0 Å². The summed E-state index contributed by atoms with van der Waals surface area (Å²) in [6, 6.07) is 1.79. The van der Waals surface area contributed by atoms with Crippen LogP contribution in [0.15, 0.2) is 6.07 Å². The first-order valence-electron chi connectivity index (χ1n) is 2.82. The molecule has 0 aliphatic heterocycles. The van der Waals surface area contributed by atoms with Gasteiger partial charge in [-0.15, -0.1) is 0 Å². The average Bonchev–Trinajstić information content (AvgIpc) is 2.13. The van der Waals surface area contributed by atoms with Crippen LogP contribution in [-0.2, 0) is 11.2 Å². The van der Waals surface area contributed by atoms with Gasteiger partial charge in [0.1, 0.15) is 0 Å². The molecule has 0 saturated carbocycles. The lowest BCUT2D eigenvalue weighted by Gasteiger charge is -1.84. The number of carboxylic acid groups (broad SMARTS) is 1. The van der Waals surface area contributed by atoms with Crippen LogP contribution >= 0.6 is 11.5 Å². The number of carboxylic acids is 1. The Morgan fingerprint density at radius 2 is 2.60 bits per heavy atom. The van der Waals surface area contributed by atoms with Crippen LogP contribution < -0.4 is 0 Å². The van der Waals surface area contributed by atoms with Crippen LogP contribution in [0.5, 0.6) is 0 Å². The lowest BCUT2D eigenvalue weighted by atomic mass is 10.3. The highest BCUT2D eigenvalue weighted by Crippen LogP contribution is 2.07. The molecule has 54 valence electrons. The number of aliphatic carboxylic acids is 1. The van der Waals surface area contributed by atoms with Gasteiger partial charge in [0.15, 0.2) is 0 Å². The highest BCUT2D eigenvalue weighted by atomic mass is 32.1. The summed E-state index contributed by atoms with van der Waals surface area (Å²) in [7, 11) is 0. The van der Waals surface area contributed by atoms with Crippen molar-refractivity contribution in [3.63, 3.8) is 0 Å². The number of nitrogens with zero attached hydrogens (tertiary/aromatic N) is 1. The molecule has 0 radical (unpaired) electrons. The molecule has 1 rings (SSSR count). The molecule has 1 N–H and O–H groups in total. The van der Waals surface area contributed by atoms with Gasteiger partial charge in [-0.3, -0.25) is 4.79 Å². The fourth-order valence-corrected chi connectivity index (χ4v) is 1.22. The van der Waals surface area contributed by atoms with Crippen molar-refractivity contribution in [2.75, 3.05) is 0 Å². The van der Waals surface area contributed by atoms with E-state index in [0.29, 0.717) is 5.69 Å². The van der Waals surface area contributed by atoms with Crippen LogP contribution in [0.25, 0.3) is 0 Å². The number of aryl methyl sites for hydroxylation is 1. The number of hydrogen-bond acceptors (Lipinski definition) is 3. The van der Waals surface area contributed by atoms with Crippen molar-refractivity contribution in [2.24, 2.45) is 0 Å². The second-order valence-electron chi connectivity index (χ2n) is 2.00. The summed E-state index contributed by atoms with van der Waals surface area (Å²) in [5.74, 6) is -0.828. The highest BCUT2D eigenvalue weighted by Gasteiger charge is 2.02. The Bertz CT molecular complexity index is 244. The van der Waals surface area contributed by atoms with E-state index in [0.717, 1.165) is 4.88 Å². The molecule has 0 amide bonds. The van der Waals surface area contributed by atoms with Crippen LogP contribution in [-0.4, -0.2) is 15.4 Å². The molecule has 4 heteroatoms. The Kier molecular flexibility index (Phi) is 2.01. The Labute approximate surface area is 62.5 Å². The molecule has 10 heavy (non-hydrogen) atoms. The van der Waals surface area contributed by atoms with Crippen LogP contribution in [0, 0.1) is 6.92 Å². The van der Waals surface area contributed by atoms with E-state index in [1.807, 2.05) is 6.92 Å². The molecule has 0 saturated heterocycles. The topological polar surface area (TPSA) is 50.2 Å². The number of rotatable bonds is 2. The summed E-state index contributed by atoms with van der Waals surface area (Å²) >= 11 is 1.33. The molecule has 0 aliphatic carbocycles. The Morgan fingerprint density at radius 3 is 3.00 bits per heavy atom. The second kappa shape index (κ2) is 2.79. The zero-order chi connectivity index (χ0) is 7.56. The van der Waals surface area contributed by atoms with E-state index >= 15 is 0 Å². The molecule has 0 bridgehead atoms. The van der Waals surface area contributed by atoms with Gasteiger partial charge in [-0.1, -0.05) is 0 Å². The SMILES string of the molecule is Cc1cc(CC(=O)O)ns1. The monoisotopic (exact) mass is 157 g/mol. The first-order valence-corrected chi connectivity index (χ1v) is 3.60. The first-order chi connectivity index (χ1) is 4.68. The number of aromatic nitrogens is 1. The molecular formula is C6H7NO2S. The molecule has 3 nitrogen and oxygen atoms in total. The zero-order valence-electron chi connectivity index (χ0n) is 5.50. The van der Waals surface area contributed by atoms with Gasteiger partial charge < -0.3 is 5.11 Å². The van der Waals surface area contributed by atoms with E-state index in [9.17, 15) is 4.79 Å². The van der Waals surface area contributed by atoms with Gasteiger partial charge in [0.25, 0.3) is 0 Å². The second-order valence-corrected chi connectivity index (χ2v) is 3.01. The summed E-state index contributed by atoms with van der Waals surface area (Å²) in [4.78, 5) is 11.2. The predicted octanol–water partition coefficient (Wildman–Crippen LogP) is 1.08. The van der Waals surface area contributed by atoms with Crippen LogP contribution in [0.3, 0.4) is 0 Å². The normalized spacial score (nSPS) is 9.70. The van der Waals surface area contributed by atoms with E-state index in [1.54, 1.807) is 6.07 Å². The maximum Gasteiger partial charge on any atom is 0.309 e. The van der Waals surface area contributed by atoms with E-state index in [-0.39, 0.29) is 6.42 Å². The van der Waals surface area contributed by atoms with Gasteiger partial charge in [0.05, 0.1) is 12.1 Å². The fourth-order valence-electron chi connectivity index (χ4n) is 0.656. The first kappa shape index (κ1) is 7.21. The Hall–Kier alpha value is -0.900. The molecule has 0 unspecified atom stereocenters. The Morgan fingerprint density at radius 1 is 1.90 bits per heavy atom. The summed E-state index contributed by atoms with van der Waals surface area (Å²) in [5.41, 5.74) is 0.648. The summed E-state index contributed by atoms with van der Waals surface area (Å²) < 4.78 is 3.92. The van der Waals surface area contributed by atoms with Crippen molar-refractivity contribution < 1.29 is 9.90 Å². The molecular weight excluding hydrogens is 150 g/mol. The fraction of sp³-hybridized carbons (Fsp3) is 0.333. The third kappa shape index (κ3) is 1.80. The van der Waals surface area contributed by atoms with Crippen LogP contribution in [0.2, 0.25) is 0 Å². The van der Waals surface area contributed by atoms with Crippen molar-refractivity contribution in [2.45, 2.75) is 13.3 Å². The molecule has 0 fully saturated rings. The van der Waals surface area contributed by atoms with Crippen molar-refractivity contribution in [3.05, 3.63) is 16.6 Å². The summed E-state index contributed by atoms with van der Waals surface area (Å²) in [6.07, 6.45) is 0.0321. The summed E-state index contributed by atoms with van der Waals surface area (Å²) in [6.45, 7) is 1.91. The minimum absolute atomic E-state index is 0.0321. The number of carbonyl (C=O) groups is 1. The minimum atomic E-state index is -0.828. The van der Waals surface area contributed by atoms with Crippen LogP contribution in [0.1, 0.15) is 10.6 Å². The van der Waals surface area contributed by atoms with E-state index in [4.69, 9.17) is 5.11 Å². The molecule has 1 heterocycles. The van der Waals surface area contributed by atoms with Crippen molar-refractivity contribution in [3.8, 4) is 0 Å². The maximum atomic E-state index is 10.1. The standard InChI is InChI=1S/C6H7NO2S/c1-4-2-5(7-10-4)3-6(8)9/h2H,3H2,1H3,(H,8,9). The third-order valence-electron chi connectivity index (χ3n) is 1.01. The average molecular weight is 157 g/mol. The quantitative estimate of drug-likeness (QED) is 0.698. The number of hydrogen-bond donors (Lipinski definition) is 1. The van der Waals surface area contributed by atoms with E-state index in [1.165, 1.54) is 11.5 Å². The van der Waals surface area contributed by atoms with Gasteiger partial charge >= 0.3 is 5.97 Å². The predicted molar refractivity (Wildman–Crippen MR) is 38.2 cm³/mol. The van der Waals surface area contributed by atoms with Crippen molar-refractivity contribution in [1.29, 1.82) is 0 Å². The van der Waals surface area contributed by atoms with Gasteiger partial charge in [-0.05, 0) is 24.5 Å².